The number of rotatable bonds is 4. The van der Waals surface area contributed by atoms with Crippen molar-refractivity contribution in [3.05, 3.63) is 50.9 Å². The summed E-state index contributed by atoms with van der Waals surface area (Å²) in [6, 6.07) is 4.05. The summed E-state index contributed by atoms with van der Waals surface area (Å²) in [6.45, 7) is 6.99. The van der Waals surface area contributed by atoms with Crippen LogP contribution in [0.3, 0.4) is 0 Å². The van der Waals surface area contributed by atoms with Gasteiger partial charge in [-0.2, -0.15) is 0 Å². The molecule has 1 aromatic carbocycles. The lowest BCUT2D eigenvalue weighted by Gasteiger charge is -2.13. The van der Waals surface area contributed by atoms with E-state index in [0.717, 1.165) is 40.1 Å². The highest BCUT2D eigenvalue weighted by Gasteiger charge is 2.22. The smallest absolute Gasteiger partial charge is 0.271 e. The molecular formula is C19H20N2O3S. The Labute approximate surface area is 149 Å². The maximum Gasteiger partial charge on any atom is 0.271 e. The Bertz CT molecular complexity index is 1010. The molecule has 0 saturated carbocycles. The number of hydrogen-bond donors (Lipinski definition) is 0. The third kappa shape index (κ3) is 2.80. The van der Waals surface area contributed by atoms with Gasteiger partial charge in [0.1, 0.15) is 22.3 Å². The van der Waals surface area contributed by atoms with Crippen molar-refractivity contribution in [1.82, 2.24) is 9.55 Å². The number of aromatic nitrogens is 2. The highest BCUT2D eigenvalue weighted by molar-refractivity contribution is 7.17. The molecule has 1 unspecified atom stereocenters. The quantitative estimate of drug-likeness (QED) is 0.717. The van der Waals surface area contributed by atoms with E-state index >= 15 is 0 Å². The Hall–Kier alpha value is -2.34. The molecule has 5 nitrogen and oxygen atoms in total. The van der Waals surface area contributed by atoms with Crippen molar-refractivity contribution in [2.75, 3.05) is 6.61 Å². The van der Waals surface area contributed by atoms with Crippen molar-refractivity contribution < 1.29 is 9.47 Å². The zero-order valence-electron chi connectivity index (χ0n) is 14.5. The minimum atomic E-state index is -0.0136. The van der Waals surface area contributed by atoms with Crippen molar-refractivity contribution in [3.63, 3.8) is 0 Å². The van der Waals surface area contributed by atoms with Crippen LogP contribution in [0.15, 0.2) is 28.6 Å². The Morgan fingerprint density at radius 1 is 1.44 bits per heavy atom. The fraction of sp³-hybridized carbons (Fsp3) is 0.368. The Morgan fingerprint density at radius 3 is 3.08 bits per heavy atom. The molecule has 130 valence electrons. The molecule has 4 rings (SSSR count). The van der Waals surface area contributed by atoms with Crippen molar-refractivity contribution in [2.45, 2.75) is 39.8 Å². The molecule has 25 heavy (non-hydrogen) atoms. The third-order valence-electron chi connectivity index (χ3n) is 4.44. The van der Waals surface area contributed by atoms with Crippen LogP contribution in [0, 0.1) is 6.92 Å². The topological polar surface area (TPSA) is 53.4 Å². The van der Waals surface area contributed by atoms with Crippen molar-refractivity contribution in [2.24, 2.45) is 0 Å². The average Bonchev–Trinajstić information content (AvgIpc) is 3.13. The zero-order valence-corrected chi connectivity index (χ0v) is 15.4. The molecule has 1 aliphatic rings. The molecule has 0 N–H and O–H groups in total. The number of ether oxygens (including phenoxy) is 2. The highest BCUT2D eigenvalue weighted by Crippen LogP contribution is 2.35. The van der Waals surface area contributed by atoms with Gasteiger partial charge in [-0.15, -0.1) is 11.3 Å². The van der Waals surface area contributed by atoms with E-state index in [1.54, 1.807) is 10.9 Å². The number of nitrogens with zero attached hydrogens (tertiary/aromatic N) is 2. The first kappa shape index (κ1) is 16.1. The van der Waals surface area contributed by atoms with Crippen LogP contribution in [-0.4, -0.2) is 22.3 Å². The van der Waals surface area contributed by atoms with E-state index in [1.807, 2.05) is 31.4 Å². The van der Waals surface area contributed by atoms with E-state index < -0.39 is 0 Å². The second-order valence-electron chi connectivity index (χ2n) is 6.41. The first-order valence-corrected chi connectivity index (χ1v) is 9.33. The number of hydrogen-bond acceptors (Lipinski definition) is 5. The Balaban J connectivity index is 1.76. The first-order valence-electron chi connectivity index (χ1n) is 8.45. The van der Waals surface area contributed by atoms with E-state index in [-0.39, 0.29) is 11.7 Å². The number of fused-ring (bicyclic) bond motifs is 2. The van der Waals surface area contributed by atoms with Gasteiger partial charge in [-0.25, -0.2) is 4.98 Å². The SMILES string of the molecule is CCOc1cc2c(cc1Cn1cnc3c(C)csc3c1=O)OC(C)C2. The number of benzene rings is 1. The molecule has 0 amide bonds. The van der Waals surface area contributed by atoms with E-state index in [4.69, 9.17) is 9.47 Å². The van der Waals surface area contributed by atoms with Gasteiger partial charge >= 0.3 is 0 Å². The first-order chi connectivity index (χ1) is 12.1. The molecule has 0 bridgehead atoms. The second kappa shape index (κ2) is 6.19. The van der Waals surface area contributed by atoms with E-state index in [9.17, 15) is 4.79 Å². The molecule has 6 heteroatoms. The molecule has 0 saturated heterocycles. The van der Waals surface area contributed by atoms with Crippen LogP contribution >= 0.6 is 11.3 Å². The molecule has 1 aliphatic heterocycles. The molecular weight excluding hydrogens is 336 g/mol. The van der Waals surface area contributed by atoms with Gasteiger partial charge in [0.25, 0.3) is 5.56 Å². The van der Waals surface area contributed by atoms with Gasteiger partial charge < -0.3 is 9.47 Å². The standard InChI is InChI=1S/C19H20N2O3S/c1-4-23-15-6-13-5-12(3)24-16(13)7-14(15)8-21-10-20-17-11(2)9-25-18(17)19(21)22/h6-7,9-10,12H,4-5,8H2,1-3H3. The maximum atomic E-state index is 12.8. The zero-order chi connectivity index (χ0) is 17.6. The normalized spacial score (nSPS) is 16.0. The molecule has 2 aromatic heterocycles. The fourth-order valence-corrected chi connectivity index (χ4v) is 4.20. The molecule has 1 atom stereocenters. The summed E-state index contributed by atoms with van der Waals surface area (Å²) in [4.78, 5) is 17.2. The van der Waals surface area contributed by atoms with Crippen LogP contribution in [0.1, 0.15) is 30.5 Å². The monoisotopic (exact) mass is 356 g/mol. The molecule has 3 heterocycles. The second-order valence-corrected chi connectivity index (χ2v) is 7.29. The van der Waals surface area contributed by atoms with Crippen molar-refractivity contribution in [3.8, 4) is 11.5 Å². The fourth-order valence-electron chi connectivity index (χ4n) is 3.25. The third-order valence-corrected chi connectivity index (χ3v) is 5.52. The summed E-state index contributed by atoms with van der Waals surface area (Å²) in [5.74, 6) is 1.70. The summed E-state index contributed by atoms with van der Waals surface area (Å²) in [5.41, 5.74) is 3.92. The van der Waals surface area contributed by atoms with Crippen LogP contribution in [0.2, 0.25) is 0 Å². The van der Waals surface area contributed by atoms with Crippen molar-refractivity contribution >= 4 is 21.6 Å². The predicted molar refractivity (Wildman–Crippen MR) is 99.1 cm³/mol. The minimum Gasteiger partial charge on any atom is -0.494 e. The lowest BCUT2D eigenvalue weighted by molar-refractivity contribution is 0.254. The average molecular weight is 356 g/mol. The number of thiophene rings is 1. The molecule has 0 spiro atoms. The predicted octanol–water partition coefficient (Wildman–Crippen LogP) is 3.54. The van der Waals surface area contributed by atoms with Gasteiger partial charge in [-0.05, 0) is 43.8 Å². The van der Waals surface area contributed by atoms with Gasteiger partial charge in [0.15, 0.2) is 0 Å². The Morgan fingerprint density at radius 2 is 2.28 bits per heavy atom. The molecule has 0 radical (unpaired) electrons. The van der Waals surface area contributed by atoms with Crippen LogP contribution in [-0.2, 0) is 13.0 Å². The lowest BCUT2D eigenvalue weighted by atomic mass is 10.1. The van der Waals surface area contributed by atoms with Crippen molar-refractivity contribution in [1.29, 1.82) is 0 Å². The van der Waals surface area contributed by atoms with Gasteiger partial charge in [0.05, 0.1) is 25.0 Å². The Kier molecular flexibility index (Phi) is 4.00. The summed E-state index contributed by atoms with van der Waals surface area (Å²) in [6.07, 6.45) is 2.68. The van der Waals surface area contributed by atoms with E-state index in [1.165, 1.54) is 11.3 Å². The van der Waals surface area contributed by atoms with E-state index in [2.05, 4.69) is 11.9 Å². The van der Waals surface area contributed by atoms with Gasteiger partial charge in [0.2, 0.25) is 0 Å². The van der Waals surface area contributed by atoms with E-state index in [0.29, 0.717) is 17.9 Å². The number of aryl methyl sites for hydroxylation is 1. The van der Waals surface area contributed by atoms with Gasteiger partial charge in [0, 0.05) is 17.5 Å². The van der Waals surface area contributed by atoms with Crippen LogP contribution in [0.5, 0.6) is 11.5 Å². The lowest BCUT2D eigenvalue weighted by Crippen LogP contribution is -2.20. The molecule has 0 fully saturated rings. The summed E-state index contributed by atoms with van der Waals surface area (Å²) in [7, 11) is 0. The molecule has 3 aromatic rings. The van der Waals surface area contributed by atoms with Crippen LogP contribution in [0.25, 0.3) is 10.2 Å². The summed E-state index contributed by atoms with van der Waals surface area (Å²) in [5, 5.41) is 1.97. The summed E-state index contributed by atoms with van der Waals surface area (Å²) < 4.78 is 14.0. The minimum absolute atomic E-state index is 0.0136. The molecule has 0 aliphatic carbocycles. The van der Waals surface area contributed by atoms with Gasteiger partial charge in [-0.3, -0.25) is 9.36 Å². The summed E-state index contributed by atoms with van der Waals surface area (Å²) >= 11 is 1.45. The van der Waals surface area contributed by atoms with Gasteiger partial charge in [-0.1, -0.05) is 0 Å². The maximum absolute atomic E-state index is 12.8. The highest BCUT2D eigenvalue weighted by atomic mass is 32.1. The van der Waals surface area contributed by atoms with Crippen LogP contribution in [0.4, 0.5) is 0 Å². The van der Waals surface area contributed by atoms with Crippen LogP contribution < -0.4 is 15.0 Å². The largest absolute Gasteiger partial charge is 0.494 e.